The van der Waals surface area contributed by atoms with Crippen LogP contribution in [0.15, 0.2) is 12.3 Å². The minimum Gasteiger partial charge on any atom is -0.399 e. The second kappa shape index (κ2) is 4.47. The first-order valence-electron chi connectivity index (χ1n) is 7.39. The lowest BCUT2D eigenvalue weighted by Crippen LogP contribution is -2.41. The number of nitrogen functional groups attached to an aromatic ring is 1. The third-order valence-corrected chi connectivity index (χ3v) is 4.77. The SMILES string of the molecule is CC1(C)OB(c2c(N)ccnc2CC2CC2)OC1(C)C. The summed E-state index contributed by atoms with van der Waals surface area (Å²) in [5.41, 5.74) is 8.15. The van der Waals surface area contributed by atoms with Gasteiger partial charge in [-0.15, -0.1) is 0 Å². The third kappa shape index (κ3) is 2.33. The van der Waals surface area contributed by atoms with E-state index in [1.54, 1.807) is 6.20 Å². The van der Waals surface area contributed by atoms with Crippen LogP contribution < -0.4 is 11.2 Å². The molecule has 2 fully saturated rings. The molecule has 4 nitrogen and oxygen atoms in total. The van der Waals surface area contributed by atoms with Gasteiger partial charge in [0, 0.05) is 23.0 Å². The van der Waals surface area contributed by atoms with Crippen molar-refractivity contribution in [1.29, 1.82) is 0 Å². The van der Waals surface area contributed by atoms with Gasteiger partial charge in [-0.25, -0.2) is 0 Å². The van der Waals surface area contributed by atoms with Crippen LogP contribution in [0.2, 0.25) is 0 Å². The van der Waals surface area contributed by atoms with Crippen LogP contribution in [0.5, 0.6) is 0 Å². The fourth-order valence-electron chi connectivity index (χ4n) is 2.52. The van der Waals surface area contributed by atoms with E-state index in [1.165, 1.54) is 12.8 Å². The predicted octanol–water partition coefficient (Wildman–Crippen LogP) is 1.92. The summed E-state index contributed by atoms with van der Waals surface area (Å²) in [5.74, 6) is 0.755. The molecule has 1 aromatic rings. The first-order chi connectivity index (χ1) is 9.30. The number of nitrogens with two attached hydrogens (primary N) is 1. The highest BCUT2D eigenvalue weighted by Gasteiger charge is 2.53. The number of rotatable bonds is 3. The lowest BCUT2D eigenvalue weighted by atomic mass is 9.75. The molecule has 1 saturated heterocycles. The van der Waals surface area contributed by atoms with Crippen LogP contribution in [0.1, 0.15) is 46.2 Å². The van der Waals surface area contributed by atoms with Crippen LogP contribution in [-0.4, -0.2) is 23.3 Å². The van der Waals surface area contributed by atoms with Gasteiger partial charge >= 0.3 is 7.12 Å². The van der Waals surface area contributed by atoms with E-state index >= 15 is 0 Å². The van der Waals surface area contributed by atoms with Gasteiger partial charge in [0.25, 0.3) is 0 Å². The van der Waals surface area contributed by atoms with E-state index in [0.717, 1.165) is 23.5 Å². The van der Waals surface area contributed by atoms with Gasteiger partial charge in [0.2, 0.25) is 0 Å². The van der Waals surface area contributed by atoms with E-state index in [-0.39, 0.29) is 11.2 Å². The van der Waals surface area contributed by atoms with Crippen LogP contribution in [0.4, 0.5) is 5.69 Å². The first-order valence-corrected chi connectivity index (χ1v) is 7.39. The standard InChI is InChI=1S/C15H23BN2O2/c1-14(2)15(3,4)20-16(19-14)13-11(17)7-8-18-12(13)9-10-5-6-10/h7-8,10H,5-6,9H2,1-4H3,(H2,17,18). The van der Waals surface area contributed by atoms with Crippen LogP contribution in [0.3, 0.4) is 0 Å². The Kier molecular flexibility index (Phi) is 3.10. The number of pyridine rings is 1. The van der Waals surface area contributed by atoms with E-state index in [4.69, 9.17) is 15.0 Å². The molecule has 20 heavy (non-hydrogen) atoms. The Bertz CT molecular complexity index is 511. The second-order valence-corrected chi connectivity index (χ2v) is 7.00. The molecule has 0 bridgehead atoms. The molecule has 108 valence electrons. The maximum absolute atomic E-state index is 6.17. The van der Waals surface area contributed by atoms with Crippen LogP contribution >= 0.6 is 0 Å². The number of anilines is 1. The molecule has 3 rings (SSSR count). The lowest BCUT2D eigenvalue weighted by Gasteiger charge is -2.32. The zero-order valence-electron chi connectivity index (χ0n) is 12.8. The Morgan fingerprint density at radius 1 is 1.25 bits per heavy atom. The minimum atomic E-state index is -0.414. The predicted molar refractivity (Wildman–Crippen MR) is 80.8 cm³/mol. The van der Waals surface area contributed by atoms with Crippen molar-refractivity contribution in [1.82, 2.24) is 4.98 Å². The number of hydrogen-bond acceptors (Lipinski definition) is 4. The summed E-state index contributed by atoms with van der Waals surface area (Å²) in [4.78, 5) is 4.52. The van der Waals surface area contributed by atoms with Crippen LogP contribution in [0.25, 0.3) is 0 Å². The molecule has 1 aliphatic heterocycles. The maximum atomic E-state index is 6.17. The van der Waals surface area contributed by atoms with Crippen molar-refractivity contribution in [2.45, 2.75) is 58.2 Å². The average Bonchev–Trinajstić information content (AvgIpc) is 3.07. The zero-order valence-corrected chi connectivity index (χ0v) is 12.8. The van der Waals surface area contributed by atoms with Gasteiger partial charge in [-0.05, 0) is 58.9 Å². The van der Waals surface area contributed by atoms with Crippen LogP contribution in [-0.2, 0) is 15.7 Å². The number of nitrogens with zero attached hydrogens (tertiary/aromatic N) is 1. The monoisotopic (exact) mass is 274 g/mol. The van der Waals surface area contributed by atoms with Crippen molar-refractivity contribution in [2.24, 2.45) is 5.92 Å². The van der Waals surface area contributed by atoms with Crippen molar-refractivity contribution in [3.63, 3.8) is 0 Å². The quantitative estimate of drug-likeness (QED) is 0.855. The smallest absolute Gasteiger partial charge is 0.399 e. The molecule has 0 radical (unpaired) electrons. The van der Waals surface area contributed by atoms with Crippen molar-refractivity contribution in [3.05, 3.63) is 18.0 Å². The molecule has 5 heteroatoms. The lowest BCUT2D eigenvalue weighted by molar-refractivity contribution is 0.00578. The zero-order chi connectivity index (χ0) is 14.5. The highest BCUT2D eigenvalue weighted by Crippen LogP contribution is 2.38. The Morgan fingerprint density at radius 3 is 2.40 bits per heavy atom. The number of hydrogen-bond donors (Lipinski definition) is 1. The van der Waals surface area contributed by atoms with Gasteiger partial charge in [0.05, 0.1) is 11.2 Å². The Morgan fingerprint density at radius 2 is 1.85 bits per heavy atom. The van der Waals surface area contributed by atoms with Crippen molar-refractivity contribution in [2.75, 3.05) is 5.73 Å². The van der Waals surface area contributed by atoms with Crippen LogP contribution in [0, 0.1) is 5.92 Å². The molecule has 0 amide bonds. The van der Waals surface area contributed by atoms with Gasteiger partial charge in [-0.2, -0.15) is 0 Å². The van der Waals surface area contributed by atoms with E-state index in [2.05, 4.69) is 32.7 Å². The molecule has 2 aliphatic rings. The Hall–Kier alpha value is -1.07. The molecule has 0 spiro atoms. The van der Waals surface area contributed by atoms with Gasteiger partial charge < -0.3 is 15.0 Å². The summed E-state index contributed by atoms with van der Waals surface area (Å²) in [5, 5.41) is 0. The summed E-state index contributed by atoms with van der Waals surface area (Å²) in [6.45, 7) is 8.22. The molecule has 1 aromatic heterocycles. The van der Waals surface area contributed by atoms with E-state index in [0.29, 0.717) is 5.69 Å². The summed E-state index contributed by atoms with van der Waals surface area (Å²) in [6.07, 6.45) is 5.34. The molecule has 0 unspecified atom stereocenters. The molecular weight excluding hydrogens is 251 g/mol. The largest absolute Gasteiger partial charge is 0.498 e. The molecule has 0 aromatic carbocycles. The average molecular weight is 274 g/mol. The Balaban J connectivity index is 1.94. The third-order valence-electron chi connectivity index (χ3n) is 4.77. The van der Waals surface area contributed by atoms with Gasteiger partial charge in [0.1, 0.15) is 0 Å². The maximum Gasteiger partial charge on any atom is 0.498 e. The second-order valence-electron chi connectivity index (χ2n) is 7.00. The first kappa shape index (κ1) is 13.9. The Labute approximate surface area is 121 Å². The molecular formula is C15H23BN2O2. The summed E-state index contributed by atoms with van der Waals surface area (Å²) < 4.78 is 12.3. The molecule has 2 heterocycles. The minimum absolute atomic E-state index is 0.350. The number of aromatic nitrogens is 1. The topological polar surface area (TPSA) is 57.4 Å². The van der Waals surface area contributed by atoms with Gasteiger partial charge in [0.15, 0.2) is 0 Å². The van der Waals surface area contributed by atoms with E-state index in [9.17, 15) is 0 Å². The summed E-state index contributed by atoms with van der Waals surface area (Å²) in [7, 11) is -0.414. The van der Waals surface area contributed by atoms with E-state index < -0.39 is 7.12 Å². The highest BCUT2D eigenvalue weighted by atomic mass is 16.7. The fourth-order valence-corrected chi connectivity index (χ4v) is 2.52. The fraction of sp³-hybridized carbons (Fsp3) is 0.667. The molecule has 1 aliphatic carbocycles. The van der Waals surface area contributed by atoms with Gasteiger partial charge in [-0.3, -0.25) is 4.98 Å². The summed E-state index contributed by atoms with van der Waals surface area (Å²) in [6, 6.07) is 1.83. The highest BCUT2D eigenvalue weighted by molar-refractivity contribution is 6.64. The van der Waals surface area contributed by atoms with E-state index in [1.807, 2.05) is 6.07 Å². The van der Waals surface area contributed by atoms with Gasteiger partial charge in [-0.1, -0.05) is 0 Å². The molecule has 1 saturated carbocycles. The normalized spacial score (nSPS) is 24.1. The van der Waals surface area contributed by atoms with Crippen molar-refractivity contribution >= 4 is 18.3 Å². The van der Waals surface area contributed by atoms with Crippen molar-refractivity contribution < 1.29 is 9.31 Å². The molecule has 0 atom stereocenters. The van der Waals surface area contributed by atoms with Crippen molar-refractivity contribution in [3.8, 4) is 0 Å². The molecule has 2 N–H and O–H groups in total. The summed E-state index contributed by atoms with van der Waals surface area (Å²) >= 11 is 0.